The molecule has 19 heavy (non-hydrogen) atoms. The van der Waals surface area contributed by atoms with E-state index in [0.29, 0.717) is 5.16 Å². The molecule has 0 aliphatic rings. The molecule has 0 fully saturated rings. The summed E-state index contributed by atoms with van der Waals surface area (Å²) in [7, 11) is 0. The number of aromatic nitrogens is 2. The van der Waals surface area contributed by atoms with Gasteiger partial charge >= 0.3 is 0 Å². The fourth-order valence-corrected chi connectivity index (χ4v) is 3.13. The van der Waals surface area contributed by atoms with Crippen molar-refractivity contribution in [3.63, 3.8) is 0 Å². The first-order valence-corrected chi connectivity index (χ1v) is 7.46. The Labute approximate surface area is 124 Å². The number of nitrogens with zero attached hydrogens (tertiary/aromatic N) is 1. The lowest BCUT2D eigenvalue weighted by molar-refractivity contribution is 0.717. The summed E-state index contributed by atoms with van der Waals surface area (Å²) in [6.07, 6.45) is 1.50. The summed E-state index contributed by atoms with van der Waals surface area (Å²) in [5.74, 6) is 0. The summed E-state index contributed by atoms with van der Waals surface area (Å²) >= 11 is 4.91. The Morgan fingerprint density at radius 2 is 2.21 bits per heavy atom. The van der Waals surface area contributed by atoms with Crippen molar-refractivity contribution in [3.8, 4) is 0 Å². The number of rotatable bonds is 4. The first-order chi connectivity index (χ1) is 9.06. The van der Waals surface area contributed by atoms with Crippen molar-refractivity contribution in [2.45, 2.75) is 23.4 Å². The van der Waals surface area contributed by atoms with Gasteiger partial charge in [0.1, 0.15) is 0 Å². The van der Waals surface area contributed by atoms with Gasteiger partial charge in [-0.15, -0.1) is 0 Å². The summed E-state index contributed by atoms with van der Waals surface area (Å²) in [5, 5.41) is 0.609. The summed E-state index contributed by atoms with van der Waals surface area (Å²) < 4.78 is 1.01. The van der Waals surface area contributed by atoms with Crippen LogP contribution in [-0.2, 0) is 0 Å². The van der Waals surface area contributed by atoms with E-state index in [9.17, 15) is 4.79 Å². The molecule has 0 radical (unpaired) electrons. The maximum atomic E-state index is 11.3. The van der Waals surface area contributed by atoms with Crippen LogP contribution in [0, 0.1) is 0 Å². The van der Waals surface area contributed by atoms with Crippen LogP contribution in [0.5, 0.6) is 0 Å². The highest BCUT2D eigenvalue weighted by atomic mass is 79.9. The number of hydrogen-bond acceptors (Lipinski definition) is 4. The third-order valence-corrected chi connectivity index (χ3v) is 4.42. The van der Waals surface area contributed by atoms with Crippen molar-refractivity contribution >= 4 is 27.7 Å². The van der Waals surface area contributed by atoms with E-state index in [1.54, 1.807) is 0 Å². The normalized spacial score (nSPS) is 14.1. The fourth-order valence-electron chi connectivity index (χ4n) is 1.69. The van der Waals surface area contributed by atoms with Gasteiger partial charge in [-0.2, -0.15) is 0 Å². The van der Waals surface area contributed by atoms with E-state index in [2.05, 4.69) is 25.9 Å². The second-order valence-corrected chi connectivity index (χ2v) is 6.24. The molecular weight excluding hydrogens is 326 g/mol. The average Bonchev–Trinajstić information content (AvgIpc) is 2.35. The Kier molecular flexibility index (Phi) is 4.79. The highest BCUT2D eigenvalue weighted by molar-refractivity contribution is 9.10. The third kappa shape index (κ3) is 3.92. The Morgan fingerprint density at radius 3 is 2.84 bits per heavy atom. The van der Waals surface area contributed by atoms with Crippen LogP contribution in [0.15, 0.2) is 51.0 Å². The van der Waals surface area contributed by atoms with Crippen LogP contribution in [0.25, 0.3) is 0 Å². The maximum Gasteiger partial charge on any atom is 0.251 e. The quantitative estimate of drug-likeness (QED) is 0.663. The van der Waals surface area contributed by atoms with E-state index in [1.807, 2.05) is 31.2 Å². The predicted molar refractivity (Wildman–Crippen MR) is 81.2 cm³/mol. The Hall–Kier alpha value is -1.11. The smallest absolute Gasteiger partial charge is 0.251 e. The zero-order valence-electron chi connectivity index (χ0n) is 10.3. The maximum absolute atomic E-state index is 11.3. The van der Waals surface area contributed by atoms with Crippen molar-refractivity contribution in [1.82, 2.24) is 9.97 Å². The van der Waals surface area contributed by atoms with Gasteiger partial charge in [0.05, 0.1) is 5.25 Å². The molecule has 3 N–H and O–H groups in total. The molecule has 1 aromatic heterocycles. The molecule has 6 heteroatoms. The number of halogens is 1. The molecule has 2 atom stereocenters. The Bertz CT molecular complexity index is 615. The zero-order valence-corrected chi connectivity index (χ0v) is 12.7. The number of nitrogens with two attached hydrogens (primary N) is 1. The number of H-pyrrole nitrogens is 1. The number of aromatic amines is 1. The van der Waals surface area contributed by atoms with E-state index < -0.39 is 0 Å². The molecule has 0 bridgehead atoms. The van der Waals surface area contributed by atoms with Crippen molar-refractivity contribution in [3.05, 3.63) is 56.9 Å². The van der Waals surface area contributed by atoms with Crippen LogP contribution in [-0.4, -0.2) is 16.0 Å². The summed E-state index contributed by atoms with van der Waals surface area (Å²) in [5.41, 5.74) is 6.99. The topological polar surface area (TPSA) is 71.8 Å². The van der Waals surface area contributed by atoms with Crippen LogP contribution in [0.3, 0.4) is 0 Å². The zero-order chi connectivity index (χ0) is 13.8. The van der Waals surface area contributed by atoms with Gasteiger partial charge in [-0.25, -0.2) is 4.98 Å². The lowest BCUT2D eigenvalue weighted by atomic mass is 10.1. The number of nitrogens with one attached hydrogen (secondary N) is 1. The van der Waals surface area contributed by atoms with Gasteiger partial charge in [0, 0.05) is 22.8 Å². The predicted octanol–water partition coefficient (Wildman–Crippen LogP) is 2.71. The molecule has 100 valence electrons. The van der Waals surface area contributed by atoms with Crippen molar-refractivity contribution in [2.75, 3.05) is 0 Å². The van der Waals surface area contributed by atoms with E-state index in [-0.39, 0.29) is 16.9 Å². The van der Waals surface area contributed by atoms with Gasteiger partial charge in [-0.1, -0.05) is 39.8 Å². The summed E-state index contributed by atoms with van der Waals surface area (Å²) in [6.45, 7) is 1.94. The first kappa shape index (κ1) is 14.3. The molecule has 0 saturated carbocycles. The average molecular weight is 340 g/mol. The molecule has 2 aromatic rings. The van der Waals surface area contributed by atoms with E-state index in [0.717, 1.165) is 10.0 Å². The molecule has 1 aromatic carbocycles. The summed E-state index contributed by atoms with van der Waals surface area (Å²) in [6, 6.07) is 9.31. The molecule has 1 heterocycles. The van der Waals surface area contributed by atoms with Crippen LogP contribution < -0.4 is 11.3 Å². The molecule has 2 rings (SSSR count). The number of hydrogen-bond donors (Lipinski definition) is 2. The highest BCUT2D eigenvalue weighted by Crippen LogP contribution is 2.35. The largest absolute Gasteiger partial charge is 0.327 e. The molecule has 0 spiro atoms. The Balaban J connectivity index is 2.29. The molecule has 0 amide bonds. The number of thioether (sulfide) groups is 1. The minimum atomic E-state index is -0.157. The van der Waals surface area contributed by atoms with Gasteiger partial charge in [0.2, 0.25) is 0 Å². The van der Waals surface area contributed by atoms with Crippen LogP contribution in [0.2, 0.25) is 0 Å². The third-order valence-electron chi connectivity index (χ3n) is 2.54. The lowest BCUT2D eigenvalue weighted by Crippen LogP contribution is -2.23. The first-order valence-electron chi connectivity index (χ1n) is 5.79. The van der Waals surface area contributed by atoms with Gasteiger partial charge < -0.3 is 10.7 Å². The number of benzene rings is 1. The molecule has 0 saturated heterocycles. The second-order valence-electron chi connectivity index (χ2n) is 4.19. The van der Waals surface area contributed by atoms with Gasteiger partial charge in [-0.3, -0.25) is 4.79 Å². The molecule has 0 aliphatic carbocycles. The monoisotopic (exact) mass is 339 g/mol. The van der Waals surface area contributed by atoms with E-state index in [1.165, 1.54) is 24.0 Å². The van der Waals surface area contributed by atoms with Crippen LogP contribution >= 0.6 is 27.7 Å². The summed E-state index contributed by atoms with van der Waals surface area (Å²) in [4.78, 5) is 18.1. The second kappa shape index (κ2) is 6.36. The SMILES string of the molecule is CC(N)C(Sc1nccc(=O)[nH]1)c1cccc(Br)c1. The molecular formula is C13H14BrN3OS. The van der Waals surface area contributed by atoms with Gasteiger partial charge in [0.25, 0.3) is 5.56 Å². The van der Waals surface area contributed by atoms with Crippen molar-refractivity contribution < 1.29 is 0 Å². The minimum absolute atomic E-state index is 0.0306. The highest BCUT2D eigenvalue weighted by Gasteiger charge is 2.19. The lowest BCUT2D eigenvalue weighted by Gasteiger charge is -2.20. The van der Waals surface area contributed by atoms with E-state index in [4.69, 9.17) is 5.73 Å². The van der Waals surface area contributed by atoms with Gasteiger partial charge in [0.15, 0.2) is 5.16 Å². The molecule has 4 nitrogen and oxygen atoms in total. The standard InChI is InChI=1S/C13H14BrN3OS/c1-8(15)12(9-3-2-4-10(14)7-9)19-13-16-6-5-11(18)17-13/h2-8,12H,15H2,1H3,(H,16,17,18). The van der Waals surface area contributed by atoms with Gasteiger partial charge in [-0.05, 0) is 24.6 Å². The molecule has 0 aliphatic heterocycles. The van der Waals surface area contributed by atoms with Crippen molar-refractivity contribution in [1.29, 1.82) is 0 Å². The minimum Gasteiger partial charge on any atom is -0.327 e. The Morgan fingerprint density at radius 1 is 1.42 bits per heavy atom. The fraction of sp³-hybridized carbons (Fsp3) is 0.231. The molecule has 2 unspecified atom stereocenters. The van der Waals surface area contributed by atoms with E-state index >= 15 is 0 Å². The van der Waals surface area contributed by atoms with Crippen molar-refractivity contribution in [2.24, 2.45) is 5.73 Å². The van der Waals surface area contributed by atoms with Crippen LogP contribution in [0.4, 0.5) is 0 Å². The van der Waals surface area contributed by atoms with Crippen LogP contribution in [0.1, 0.15) is 17.7 Å².